The van der Waals surface area contributed by atoms with E-state index in [1.807, 2.05) is 14.1 Å². The van der Waals surface area contributed by atoms with Gasteiger partial charge in [-0.2, -0.15) is 0 Å². The third-order valence-electron chi connectivity index (χ3n) is 2.29. The third kappa shape index (κ3) is 2.50. The van der Waals surface area contributed by atoms with E-state index >= 15 is 0 Å². The molecule has 0 radical (unpaired) electrons. The minimum Gasteiger partial charge on any atom is -0.492 e. The summed E-state index contributed by atoms with van der Waals surface area (Å²) in [4.78, 5) is 2.05. The first-order valence-corrected chi connectivity index (χ1v) is 4.33. The van der Waals surface area contributed by atoms with Crippen molar-refractivity contribution in [2.24, 2.45) is 5.11 Å². The summed E-state index contributed by atoms with van der Waals surface area (Å²) in [6.45, 7) is 0.831. The van der Waals surface area contributed by atoms with Crippen molar-refractivity contribution in [3.63, 3.8) is 0 Å². The second kappa shape index (κ2) is 4.34. The van der Waals surface area contributed by atoms with Crippen LogP contribution in [0.15, 0.2) is 16.6 Å². The second-order valence-corrected chi connectivity index (χ2v) is 3.43. The summed E-state index contributed by atoms with van der Waals surface area (Å²) in [6.07, 6.45) is 1.76. The molecule has 5 nitrogen and oxygen atoms in total. The Morgan fingerprint density at radius 2 is 2.38 bits per heavy atom. The van der Waals surface area contributed by atoms with E-state index < -0.39 is 0 Å². The first-order valence-electron chi connectivity index (χ1n) is 4.33. The van der Waals surface area contributed by atoms with Gasteiger partial charge >= 0.3 is 0 Å². The summed E-state index contributed by atoms with van der Waals surface area (Å²) in [5.74, 6) is -0.117. The van der Waals surface area contributed by atoms with Crippen molar-refractivity contribution in [3.8, 4) is 0 Å². The van der Waals surface area contributed by atoms with Gasteiger partial charge in [-0.15, -0.1) is 5.11 Å². The average molecular weight is 184 g/mol. The molecule has 0 aromatic rings. The molecule has 13 heavy (non-hydrogen) atoms. The van der Waals surface area contributed by atoms with Crippen LogP contribution in [-0.2, 0) is 0 Å². The predicted octanol–water partition coefficient (Wildman–Crippen LogP) is 1.06. The molecule has 3 N–H and O–H groups in total. The van der Waals surface area contributed by atoms with Crippen LogP contribution in [0.4, 0.5) is 0 Å². The van der Waals surface area contributed by atoms with Crippen molar-refractivity contribution >= 4 is 0 Å². The van der Waals surface area contributed by atoms with Gasteiger partial charge in [0.25, 0.3) is 0 Å². The summed E-state index contributed by atoms with van der Waals surface area (Å²) in [6, 6.07) is 0. The lowest BCUT2D eigenvalue weighted by Gasteiger charge is -2.30. The number of hydrogen-bond acceptors (Lipinski definition) is 5. The van der Waals surface area contributed by atoms with E-state index in [1.165, 1.54) is 0 Å². The van der Waals surface area contributed by atoms with Gasteiger partial charge in [0.1, 0.15) is 0 Å². The Balaban J connectivity index is 2.66. The van der Waals surface area contributed by atoms with Crippen molar-refractivity contribution in [3.05, 3.63) is 11.5 Å². The zero-order valence-electron chi connectivity index (χ0n) is 8.04. The highest BCUT2D eigenvalue weighted by atomic mass is 16.3. The fraction of sp³-hybridized carbons (Fsp3) is 0.750. The highest BCUT2D eigenvalue weighted by Crippen LogP contribution is 2.19. The molecule has 1 atom stereocenters. The number of piperidine rings is 1. The van der Waals surface area contributed by atoms with Crippen LogP contribution in [0.5, 0.6) is 0 Å². The number of hydrogen-bond donors (Lipinski definition) is 3. The van der Waals surface area contributed by atoms with Crippen LogP contribution in [0.25, 0.3) is 0 Å². The monoisotopic (exact) mass is 184 g/mol. The Bertz CT molecular complexity index is 224. The smallest absolute Gasteiger partial charge is 0.229 e. The molecule has 0 amide bonds. The van der Waals surface area contributed by atoms with Gasteiger partial charge in [0.2, 0.25) is 5.88 Å². The quantitative estimate of drug-likeness (QED) is 0.444. The highest BCUT2D eigenvalue weighted by Gasteiger charge is 2.20. The molecule has 1 heterocycles. The molecule has 74 valence electrons. The van der Waals surface area contributed by atoms with Gasteiger partial charge in [0, 0.05) is 13.0 Å². The van der Waals surface area contributed by atoms with Gasteiger partial charge in [-0.3, -0.25) is 4.90 Å². The standard InChI is InChI=1S/C8H16N4O/c1-12(2)7-5-6(3-4-10-7)8(13)11-9/h7,9-10,13H,3-5H2,1-2H3/b8-6-,11-9?. The fourth-order valence-electron chi connectivity index (χ4n) is 1.44. The minimum atomic E-state index is -0.117. The molecular formula is C8H16N4O. The van der Waals surface area contributed by atoms with Gasteiger partial charge in [0.05, 0.1) is 6.17 Å². The SMILES string of the molecule is CN(C)C1C/C(=C(\O)N=N)CCN1. The molecule has 1 rings (SSSR count). The van der Waals surface area contributed by atoms with E-state index in [1.54, 1.807) is 0 Å². The molecule has 1 aliphatic rings. The van der Waals surface area contributed by atoms with Crippen molar-refractivity contribution < 1.29 is 5.11 Å². The Morgan fingerprint density at radius 1 is 1.69 bits per heavy atom. The number of nitrogens with one attached hydrogen (secondary N) is 2. The molecule has 1 fully saturated rings. The average Bonchev–Trinajstić information content (AvgIpc) is 2.17. The highest BCUT2D eigenvalue weighted by molar-refractivity contribution is 5.10. The normalized spacial score (nSPS) is 27.5. The van der Waals surface area contributed by atoms with Crippen molar-refractivity contribution in [1.29, 1.82) is 5.53 Å². The molecule has 5 heteroatoms. The van der Waals surface area contributed by atoms with Gasteiger partial charge < -0.3 is 10.4 Å². The largest absolute Gasteiger partial charge is 0.492 e. The van der Waals surface area contributed by atoms with E-state index in [4.69, 9.17) is 5.53 Å². The predicted molar refractivity (Wildman–Crippen MR) is 49.5 cm³/mol. The summed E-state index contributed by atoms with van der Waals surface area (Å²) >= 11 is 0. The lowest BCUT2D eigenvalue weighted by molar-refractivity contribution is 0.223. The van der Waals surface area contributed by atoms with Crippen LogP contribution >= 0.6 is 0 Å². The van der Waals surface area contributed by atoms with Gasteiger partial charge in [-0.05, 0) is 26.1 Å². The van der Waals surface area contributed by atoms with Crippen LogP contribution in [0, 0.1) is 5.53 Å². The Kier molecular flexibility index (Phi) is 3.39. The molecule has 0 saturated carbocycles. The fourth-order valence-corrected chi connectivity index (χ4v) is 1.44. The summed E-state index contributed by atoms with van der Waals surface area (Å²) in [5, 5.41) is 15.6. The maximum absolute atomic E-state index is 9.26. The number of rotatable bonds is 2. The molecule has 1 unspecified atom stereocenters. The van der Waals surface area contributed by atoms with Crippen molar-refractivity contribution in [2.45, 2.75) is 19.0 Å². The first-order chi connectivity index (χ1) is 6.15. The molecule has 1 aliphatic heterocycles. The van der Waals surface area contributed by atoms with Crippen LogP contribution in [-0.4, -0.2) is 36.8 Å². The molecule has 0 aliphatic carbocycles. The van der Waals surface area contributed by atoms with E-state index in [-0.39, 0.29) is 12.0 Å². The van der Waals surface area contributed by atoms with E-state index in [0.29, 0.717) is 0 Å². The lowest BCUT2D eigenvalue weighted by atomic mass is 10.0. The number of aliphatic hydroxyl groups excluding tert-OH is 1. The first kappa shape index (κ1) is 10.1. The summed E-state index contributed by atoms with van der Waals surface area (Å²) in [5.41, 5.74) is 7.57. The zero-order chi connectivity index (χ0) is 9.84. The molecule has 0 aromatic heterocycles. The number of aliphatic hydroxyl groups is 1. The summed E-state index contributed by atoms with van der Waals surface area (Å²) < 4.78 is 0. The van der Waals surface area contributed by atoms with E-state index in [2.05, 4.69) is 15.3 Å². The maximum atomic E-state index is 9.26. The molecule has 0 bridgehead atoms. The van der Waals surface area contributed by atoms with Crippen molar-refractivity contribution in [1.82, 2.24) is 10.2 Å². The second-order valence-electron chi connectivity index (χ2n) is 3.43. The van der Waals surface area contributed by atoms with Crippen molar-refractivity contribution in [2.75, 3.05) is 20.6 Å². The Hall–Kier alpha value is -0.940. The summed E-state index contributed by atoms with van der Waals surface area (Å²) in [7, 11) is 3.96. The van der Waals surface area contributed by atoms with Gasteiger partial charge in [-0.25, -0.2) is 5.53 Å². The van der Waals surface area contributed by atoms with Crippen LogP contribution in [0.3, 0.4) is 0 Å². The lowest BCUT2D eigenvalue weighted by Crippen LogP contribution is -2.45. The topological polar surface area (TPSA) is 71.7 Å². The molecule has 0 spiro atoms. The van der Waals surface area contributed by atoms with E-state index in [0.717, 1.165) is 25.0 Å². The number of nitrogens with zero attached hydrogens (tertiary/aromatic N) is 2. The maximum Gasteiger partial charge on any atom is 0.229 e. The Labute approximate surface area is 77.9 Å². The van der Waals surface area contributed by atoms with Gasteiger partial charge in [0.15, 0.2) is 0 Å². The van der Waals surface area contributed by atoms with E-state index in [9.17, 15) is 5.11 Å². The molecule has 0 aromatic carbocycles. The minimum absolute atomic E-state index is 0.117. The Morgan fingerprint density at radius 3 is 2.92 bits per heavy atom. The van der Waals surface area contributed by atoms with Crippen LogP contribution in [0.2, 0.25) is 0 Å². The van der Waals surface area contributed by atoms with Crippen LogP contribution in [0.1, 0.15) is 12.8 Å². The molecule has 1 saturated heterocycles. The van der Waals surface area contributed by atoms with Crippen LogP contribution < -0.4 is 5.32 Å². The molecular weight excluding hydrogens is 168 g/mol. The van der Waals surface area contributed by atoms with Gasteiger partial charge in [-0.1, -0.05) is 0 Å². The third-order valence-corrected chi connectivity index (χ3v) is 2.29. The zero-order valence-corrected chi connectivity index (χ0v) is 8.04.